The summed E-state index contributed by atoms with van der Waals surface area (Å²) in [5, 5.41) is 19.1. The lowest BCUT2D eigenvalue weighted by atomic mass is 10.0. The summed E-state index contributed by atoms with van der Waals surface area (Å²) in [6.07, 6.45) is 0. The molecule has 2 N–H and O–H groups in total. The number of nitro groups is 1. The van der Waals surface area contributed by atoms with Crippen LogP contribution in [0.5, 0.6) is 0 Å². The first kappa shape index (κ1) is 10.2. The molecule has 0 bridgehead atoms. The van der Waals surface area contributed by atoms with Crippen molar-refractivity contribution in [2.24, 2.45) is 5.73 Å². The van der Waals surface area contributed by atoms with Crippen molar-refractivity contribution in [1.82, 2.24) is 0 Å². The third-order valence-corrected chi connectivity index (χ3v) is 1.95. The fourth-order valence-corrected chi connectivity index (χ4v) is 1.15. The van der Waals surface area contributed by atoms with Crippen LogP contribution in [0.15, 0.2) is 18.2 Å². The van der Waals surface area contributed by atoms with E-state index in [1.807, 2.05) is 6.07 Å². The van der Waals surface area contributed by atoms with E-state index in [-0.39, 0.29) is 5.69 Å². The van der Waals surface area contributed by atoms with Crippen LogP contribution in [-0.2, 0) is 0 Å². The van der Waals surface area contributed by atoms with E-state index in [9.17, 15) is 10.1 Å². The summed E-state index contributed by atoms with van der Waals surface area (Å²) >= 11 is 0. The highest BCUT2D eigenvalue weighted by molar-refractivity contribution is 5.42. The fourth-order valence-electron chi connectivity index (χ4n) is 1.15. The molecule has 0 heterocycles. The molecule has 0 aliphatic rings. The highest BCUT2D eigenvalue weighted by Crippen LogP contribution is 2.21. The third-order valence-electron chi connectivity index (χ3n) is 1.95. The van der Waals surface area contributed by atoms with E-state index in [4.69, 9.17) is 11.0 Å². The molecule has 5 heteroatoms. The molecule has 0 aliphatic heterocycles. The van der Waals surface area contributed by atoms with E-state index in [2.05, 4.69) is 0 Å². The summed E-state index contributed by atoms with van der Waals surface area (Å²) < 4.78 is 0. The maximum absolute atomic E-state index is 10.5. The summed E-state index contributed by atoms with van der Waals surface area (Å²) in [7, 11) is 0. The second kappa shape index (κ2) is 3.85. The Morgan fingerprint density at radius 2 is 2.29 bits per heavy atom. The van der Waals surface area contributed by atoms with E-state index in [1.54, 1.807) is 13.0 Å². The largest absolute Gasteiger partial charge is 0.312 e. The van der Waals surface area contributed by atoms with Crippen LogP contribution in [0.25, 0.3) is 0 Å². The van der Waals surface area contributed by atoms with Crippen molar-refractivity contribution < 1.29 is 4.92 Å². The quantitative estimate of drug-likeness (QED) is 0.565. The van der Waals surface area contributed by atoms with E-state index >= 15 is 0 Å². The molecule has 1 aromatic carbocycles. The third kappa shape index (κ3) is 1.87. The van der Waals surface area contributed by atoms with Crippen molar-refractivity contribution in [2.75, 3.05) is 0 Å². The summed E-state index contributed by atoms with van der Waals surface area (Å²) in [6, 6.07) is 5.35. The second-order valence-electron chi connectivity index (χ2n) is 2.90. The topological polar surface area (TPSA) is 92.9 Å². The number of nitrogens with two attached hydrogens (primary N) is 1. The smallest absolute Gasteiger partial charge is 0.269 e. The number of rotatable bonds is 2. The molecule has 1 rings (SSSR count). The molecule has 0 saturated heterocycles. The Bertz CT molecular complexity index is 409. The van der Waals surface area contributed by atoms with Gasteiger partial charge < -0.3 is 5.73 Å². The lowest BCUT2D eigenvalue weighted by Crippen LogP contribution is -2.09. The molecule has 1 atom stereocenters. The van der Waals surface area contributed by atoms with E-state index in [0.717, 1.165) is 5.56 Å². The van der Waals surface area contributed by atoms with E-state index in [1.165, 1.54) is 12.1 Å². The average Bonchev–Trinajstić information content (AvgIpc) is 2.17. The summed E-state index contributed by atoms with van der Waals surface area (Å²) in [6.45, 7) is 1.76. The van der Waals surface area contributed by atoms with Crippen LogP contribution in [0.2, 0.25) is 0 Å². The van der Waals surface area contributed by atoms with Gasteiger partial charge in [-0.1, -0.05) is 6.07 Å². The molecule has 0 aliphatic carbocycles. The van der Waals surface area contributed by atoms with Crippen molar-refractivity contribution >= 4 is 5.69 Å². The van der Waals surface area contributed by atoms with Gasteiger partial charge in [0.15, 0.2) is 0 Å². The minimum Gasteiger partial charge on any atom is -0.312 e. The molecule has 0 spiro atoms. The molecule has 1 aromatic rings. The Kier molecular flexibility index (Phi) is 2.79. The molecule has 72 valence electrons. The molecule has 0 amide bonds. The Morgan fingerprint density at radius 1 is 1.64 bits per heavy atom. The van der Waals surface area contributed by atoms with Crippen molar-refractivity contribution in [3.8, 4) is 6.07 Å². The second-order valence-corrected chi connectivity index (χ2v) is 2.90. The van der Waals surface area contributed by atoms with Gasteiger partial charge in [-0.3, -0.25) is 10.1 Å². The predicted molar refractivity (Wildman–Crippen MR) is 50.4 cm³/mol. The van der Waals surface area contributed by atoms with E-state index in [0.29, 0.717) is 5.56 Å². The zero-order chi connectivity index (χ0) is 10.7. The van der Waals surface area contributed by atoms with E-state index < -0.39 is 11.0 Å². The zero-order valence-electron chi connectivity index (χ0n) is 7.60. The van der Waals surface area contributed by atoms with Gasteiger partial charge in [0.05, 0.1) is 11.0 Å². The zero-order valence-corrected chi connectivity index (χ0v) is 7.60. The van der Waals surface area contributed by atoms with Crippen molar-refractivity contribution in [3.63, 3.8) is 0 Å². The molecule has 0 fully saturated rings. The number of nitriles is 1. The van der Waals surface area contributed by atoms with Crippen LogP contribution in [0, 0.1) is 28.4 Å². The first-order valence-corrected chi connectivity index (χ1v) is 3.96. The summed E-state index contributed by atoms with van der Waals surface area (Å²) in [5.41, 5.74) is 6.72. The number of nitro benzene ring substituents is 1. The summed E-state index contributed by atoms with van der Waals surface area (Å²) in [5.74, 6) is 0. The SMILES string of the molecule is Cc1ccc([N+](=O)[O-])cc1C(N)C#N. The lowest BCUT2D eigenvalue weighted by Gasteiger charge is -2.06. The standard InChI is InChI=1S/C9H9N3O2/c1-6-2-3-7(12(13)14)4-8(6)9(11)5-10/h2-4,9H,11H2,1H3. The first-order valence-electron chi connectivity index (χ1n) is 3.96. The molecule has 0 aromatic heterocycles. The normalized spacial score (nSPS) is 11.8. The maximum atomic E-state index is 10.5. The highest BCUT2D eigenvalue weighted by atomic mass is 16.6. The number of hydrogen-bond donors (Lipinski definition) is 1. The number of nitrogens with zero attached hydrogens (tertiary/aromatic N) is 2. The highest BCUT2D eigenvalue weighted by Gasteiger charge is 2.13. The van der Waals surface area contributed by atoms with Crippen molar-refractivity contribution in [1.29, 1.82) is 5.26 Å². The van der Waals surface area contributed by atoms with Gasteiger partial charge in [-0.15, -0.1) is 0 Å². The van der Waals surface area contributed by atoms with Crippen molar-refractivity contribution in [3.05, 3.63) is 39.4 Å². The Morgan fingerprint density at radius 3 is 2.79 bits per heavy atom. The molecule has 0 saturated carbocycles. The van der Waals surface area contributed by atoms with Crippen LogP contribution in [0.1, 0.15) is 17.2 Å². The van der Waals surface area contributed by atoms with Gasteiger partial charge in [-0.05, 0) is 18.1 Å². The number of benzene rings is 1. The number of hydrogen-bond acceptors (Lipinski definition) is 4. The van der Waals surface area contributed by atoms with Crippen LogP contribution < -0.4 is 5.73 Å². The predicted octanol–water partition coefficient (Wildman–Crippen LogP) is 1.43. The molecular weight excluding hydrogens is 182 g/mol. The fraction of sp³-hybridized carbons (Fsp3) is 0.222. The molecule has 14 heavy (non-hydrogen) atoms. The van der Waals surface area contributed by atoms with Gasteiger partial charge in [0.1, 0.15) is 6.04 Å². The molecule has 5 nitrogen and oxygen atoms in total. The van der Waals surface area contributed by atoms with Gasteiger partial charge in [-0.25, -0.2) is 0 Å². The van der Waals surface area contributed by atoms with Gasteiger partial charge in [0, 0.05) is 12.1 Å². The first-order chi connectivity index (χ1) is 6.56. The molecule has 0 radical (unpaired) electrons. The van der Waals surface area contributed by atoms with Crippen LogP contribution in [0.3, 0.4) is 0 Å². The van der Waals surface area contributed by atoms with Crippen LogP contribution in [0.4, 0.5) is 5.69 Å². The average molecular weight is 191 g/mol. The minimum atomic E-state index is -0.810. The number of aryl methyl sites for hydroxylation is 1. The molecular formula is C9H9N3O2. The van der Waals surface area contributed by atoms with Gasteiger partial charge in [0.2, 0.25) is 0 Å². The van der Waals surface area contributed by atoms with Crippen molar-refractivity contribution in [2.45, 2.75) is 13.0 Å². The Balaban J connectivity index is 3.23. The minimum absolute atomic E-state index is 0.0451. The molecule has 1 unspecified atom stereocenters. The Hall–Kier alpha value is -1.93. The maximum Gasteiger partial charge on any atom is 0.269 e. The van der Waals surface area contributed by atoms with Gasteiger partial charge in [-0.2, -0.15) is 5.26 Å². The number of non-ortho nitro benzene ring substituents is 1. The Labute approximate surface area is 80.9 Å². The van der Waals surface area contributed by atoms with Crippen LogP contribution >= 0.6 is 0 Å². The van der Waals surface area contributed by atoms with Gasteiger partial charge >= 0.3 is 0 Å². The van der Waals surface area contributed by atoms with Crippen LogP contribution in [-0.4, -0.2) is 4.92 Å². The monoisotopic (exact) mass is 191 g/mol. The summed E-state index contributed by atoms with van der Waals surface area (Å²) in [4.78, 5) is 9.95. The van der Waals surface area contributed by atoms with Gasteiger partial charge in [0.25, 0.3) is 5.69 Å². The lowest BCUT2D eigenvalue weighted by molar-refractivity contribution is -0.384.